The Bertz CT molecular complexity index is 545. The third-order valence-electron chi connectivity index (χ3n) is 2.82. The van der Waals surface area contributed by atoms with Crippen LogP contribution in [0.1, 0.15) is 33.0 Å². The number of aryl methyl sites for hydroxylation is 1. The lowest BCUT2D eigenvalue weighted by molar-refractivity contribution is 0.544. The normalized spacial score (nSPS) is 11.6. The van der Waals surface area contributed by atoms with Gasteiger partial charge in [0, 0.05) is 37.0 Å². The van der Waals surface area contributed by atoms with Crippen LogP contribution in [0, 0.1) is 0 Å². The highest BCUT2D eigenvalue weighted by molar-refractivity contribution is 9.10. The van der Waals surface area contributed by atoms with E-state index < -0.39 is 0 Å². The van der Waals surface area contributed by atoms with Gasteiger partial charge in [0.05, 0.1) is 6.33 Å². The summed E-state index contributed by atoms with van der Waals surface area (Å²) in [4.78, 5) is 13.0. The van der Waals surface area contributed by atoms with Gasteiger partial charge in [-0.3, -0.25) is 0 Å². The number of anilines is 1. The summed E-state index contributed by atoms with van der Waals surface area (Å²) >= 11 is 3.44. The topological polar surface area (TPSA) is 55.6 Å². The molecule has 108 valence electrons. The van der Waals surface area contributed by atoms with E-state index in [9.17, 15) is 0 Å². The maximum atomic E-state index is 4.57. The van der Waals surface area contributed by atoms with Gasteiger partial charge in [-0.25, -0.2) is 15.0 Å². The lowest BCUT2D eigenvalue weighted by Gasteiger charge is -2.18. The smallest absolute Gasteiger partial charge is 0.137 e. The summed E-state index contributed by atoms with van der Waals surface area (Å²) in [6, 6.07) is 1.91. The molecule has 0 atom stereocenters. The third-order valence-corrected chi connectivity index (χ3v) is 3.23. The summed E-state index contributed by atoms with van der Waals surface area (Å²) in [7, 11) is 0. The van der Waals surface area contributed by atoms with Crippen molar-refractivity contribution in [1.29, 1.82) is 0 Å². The molecule has 1 N–H and O–H groups in total. The zero-order chi connectivity index (χ0) is 14.6. The zero-order valence-electron chi connectivity index (χ0n) is 12.1. The highest BCUT2D eigenvalue weighted by Gasteiger charge is 2.18. The third kappa shape index (κ3) is 4.30. The second kappa shape index (κ2) is 6.35. The van der Waals surface area contributed by atoms with Crippen LogP contribution in [-0.2, 0) is 12.0 Å². The molecular weight excluding hydrogens is 318 g/mol. The van der Waals surface area contributed by atoms with Gasteiger partial charge in [0.1, 0.15) is 16.2 Å². The minimum atomic E-state index is -0.0585. The molecule has 5 nitrogen and oxygen atoms in total. The highest BCUT2D eigenvalue weighted by atomic mass is 79.9. The van der Waals surface area contributed by atoms with Crippen LogP contribution < -0.4 is 5.32 Å². The number of hydrogen-bond acceptors (Lipinski definition) is 4. The number of nitrogens with zero attached hydrogens (tertiary/aromatic N) is 4. The van der Waals surface area contributed by atoms with Crippen LogP contribution in [0.15, 0.2) is 29.4 Å². The first-order chi connectivity index (χ1) is 9.45. The predicted molar refractivity (Wildman–Crippen MR) is 83.8 cm³/mol. The Morgan fingerprint density at radius 2 is 2.10 bits per heavy atom. The Balaban J connectivity index is 1.91. The molecule has 0 aliphatic carbocycles. The molecule has 6 heteroatoms. The van der Waals surface area contributed by atoms with Crippen molar-refractivity contribution in [2.45, 2.75) is 39.2 Å². The molecule has 0 saturated heterocycles. The first kappa shape index (κ1) is 15.0. The van der Waals surface area contributed by atoms with Crippen LogP contribution in [0.5, 0.6) is 0 Å². The molecule has 2 heterocycles. The molecule has 2 aromatic heterocycles. The fourth-order valence-electron chi connectivity index (χ4n) is 1.74. The maximum absolute atomic E-state index is 4.57. The number of halogens is 1. The molecule has 0 aliphatic heterocycles. The summed E-state index contributed by atoms with van der Waals surface area (Å²) < 4.78 is 2.88. The van der Waals surface area contributed by atoms with E-state index in [0.29, 0.717) is 0 Å². The van der Waals surface area contributed by atoms with E-state index in [0.717, 1.165) is 35.8 Å². The second-order valence-corrected chi connectivity index (χ2v) is 6.54. The summed E-state index contributed by atoms with van der Waals surface area (Å²) in [5, 5.41) is 3.35. The van der Waals surface area contributed by atoms with Crippen molar-refractivity contribution >= 4 is 21.7 Å². The Hall–Kier alpha value is -1.43. The zero-order valence-corrected chi connectivity index (χ0v) is 13.7. The molecule has 0 spiro atoms. The van der Waals surface area contributed by atoms with Gasteiger partial charge in [0.25, 0.3) is 0 Å². The number of imidazole rings is 1. The number of hydrogen-bond donors (Lipinski definition) is 1. The average molecular weight is 338 g/mol. The molecule has 2 rings (SSSR count). The fourth-order valence-corrected chi connectivity index (χ4v) is 2.13. The van der Waals surface area contributed by atoms with E-state index in [2.05, 4.69) is 61.5 Å². The van der Waals surface area contributed by atoms with Crippen molar-refractivity contribution in [1.82, 2.24) is 19.5 Å². The van der Waals surface area contributed by atoms with Gasteiger partial charge in [-0.1, -0.05) is 20.8 Å². The van der Waals surface area contributed by atoms with Crippen molar-refractivity contribution < 1.29 is 0 Å². The summed E-state index contributed by atoms with van der Waals surface area (Å²) in [6.45, 7) is 8.14. The van der Waals surface area contributed by atoms with Crippen LogP contribution in [0.2, 0.25) is 0 Å². The van der Waals surface area contributed by atoms with Crippen LogP contribution in [0.25, 0.3) is 0 Å². The van der Waals surface area contributed by atoms with Gasteiger partial charge in [-0.15, -0.1) is 0 Å². The molecule has 2 aromatic rings. The number of rotatable bonds is 5. The average Bonchev–Trinajstić information content (AvgIpc) is 2.86. The quantitative estimate of drug-likeness (QED) is 0.672. The first-order valence-corrected chi connectivity index (χ1v) is 7.49. The van der Waals surface area contributed by atoms with E-state index >= 15 is 0 Å². The molecule has 0 saturated carbocycles. The van der Waals surface area contributed by atoms with Crippen LogP contribution in [0.3, 0.4) is 0 Å². The molecule has 0 unspecified atom stereocenters. The van der Waals surface area contributed by atoms with E-state index in [1.165, 1.54) is 0 Å². The Morgan fingerprint density at radius 1 is 1.30 bits per heavy atom. The number of aromatic nitrogens is 4. The fraction of sp³-hybridized carbons (Fsp3) is 0.500. The molecule has 0 fully saturated rings. The molecular formula is C14H20BrN5. The standard InChI is InChI=1S/C14H20BrN5/c1-14(2,3)13-18-11(15)9-12(19-13)17-5-4-7-20-8-6-16-10-20/h6,8-10H,4-5,7H2,1-3H3,(H,17,18,19). The van der Waals surface area contributed by atoms with Crippen molar-refractivity contribution in [3.63, 3.8) is 0 Å². The van der Waals surface area contributed by atoms with E-state index in [-0.39, 0.29) is 5.41 Å². The monoisotopic (exact) mass is 337 g/mol. The number of nitrogens with one attached hydrogen (secondary N) is 1. The minimum absolute atomic E-state index is 0.0585. The summed E-state index contributed by atoms with van der Waals surface area (Å²) in [5.74, 6) is 1.70. The lowest BCUT2D eigenvalue weighted by Crippen LogP contribution is -2.17. The van der Waals surface area contributed by atoms with Crippen LogP contribution in [0.4, 0.5) is 5.82 Å². The van der Waals surface area contributed by atoms with Crippen molar-refractivity contribution in [3.8, 4) is 0 Å². The summed E-state index contributed by atoms with van der Waals surface area (Å²) in [5.41, 5.74) is -0.0585. The lowest BCUT2D eigenvalue weighted by atomic mass is 9.96. The predicted octanol–water partition coefficient (Wildman–Crippen LogP) is 3.24. The van der Waals surface area contributed by atoms with E-state index in [1.54, 1.807) is 6.20 Å². The van der Waals surface area contributed by atoms with E-state index in [4.69, 9.17) is 0 Å². The van der Waals surface area contributed by atoms with Crippen molar-refractivity contribution in [2.24, 2.45) is 0 Å². The van der Waals surface area contributed by atoms with Crippen LogP contribution >= 0.6 is 15.9 Å². The molecule has 0 aliphatic rings. The maximum Gasteiger partial charge on any atom is 0.137 e. The molecule has 0 amide bonds. The molecule has 0 bridgehead atoms. The minimum Gasteiger partial charge on any atom is -0.370 e. The Morgan fingerprint density at radius 3 is 2.75 bits per heavy atom. The second-order valence-electron chi connectivity index (χ2n) is 5.73. The van der Waals surface area contributed by atoms with Gasteiger partial charge in [0.15, 0.2) is 0 Å². The van der Waals surface area contributed by atoms with Crippen LogP contribution in [-0.4, -0.2) is 26.1 Å². The van der Waals surface area contributed by atoms with Gasteiger partial charge in [-0.2, -0.15) is 0 Å². The van der Waals surface area contributed by atoms with Gasteiger partial charge < -0.3 is 9.88 Å². The molecule has 0 radical (unpaired) electrons. The van der Waals surface area contributed by atoms with Gasteiger partial charge in [0.2, 0.25) is 0 Å². The Kier molecular flexibility index (Phi) is 4.75. The first-order valence-electron chi connectivity index (χ1n) is 6.70. The van der Waals surface area contributed by atoms with E-state index in [1.807, 2.05) is 18.6 Å². The van der Waals surface area contributed by atoms with Crippen molar-refractivity contribution in [2.75, 3.05) is 11.9 Å². The highest BCUT2D eigenvalue weighted by Crippen LogP contribution is 2.22. The van der Waals surface area contributed by atoms with Gasteiger partial charge in [-0.05, 0) is 22.4 Å². The molecule has 0 aromatic carbocycles. The Labute approximate surface area is 128 Å². The molecule has 20 heavy (non-hydrogen) atoms. The summed E-state index contributed by atoms with van der Waals surface area (Å²) in [6.07, 6.45) is 6.62. The van der Waals surface area contributed by atoms with Crippen molar-refractivity contribution in [3.05, 3.63) is 35.2 Å². The SMILES string of the molecule is CC(C)(C)c1nc(Br)cc(NCCCn2ccnc2)n1. The van der Waals surface area contributed by atoms with Gasteiger partial charge >= 0.3 is 0 Å². The largest absolute Gasteiger partial charge is 0.370 e.